The number of halogens is 1. The molecular formula is C14H13ClN2OS. The lowest BCUT2D eigenvalue weighted by Crippen LogP contribution is -2.31. The van der Waals surface area contributed by atoms with Gasteiger partial charge in [0, 0.05) is 17.8 Å². The number of aromatic nitrogens is 1. The lowest BCUT2D eigenvalue weighted by atomic mass is 10.1. The van der Waals surface area contributed by atoms with Crippen molar-refractivity contribution in [3.8, 4) is 0 Å². The van der Waals surface area contributed by atoms with E-state index in [1.165, 1.54) is 5.56 Å². The predicted octanol–water partition coefficient (Wildman–Crippen LogP) is 3.77. The molecule has 1 aliphatic heterocycles. The van der Waals surface area contributed by atoms with Crippen LogP contribution in [-0.2, 0) is 0 Å². The van der Waals surface area contributed by atoms with Crippen molar-refractivity contribution in [2.24, 2.45) is 0 Å². The van der Waals surface area contributed by atoms with E-state index in [2.05, 4.69) is 16.4 Å². The molecule has 0 bridgehead atoms. The number of hydrogen-bond acceptors (Lipinski definition) is 3. The maximum Gasteiger partial charge on any atom is 0.273 e. The van der Waals surface area contributed by atoms with E-state index in [1.54, 1.807) is 29.7 Å². The molecule has 3 heterocycles. The van der Waals surface area contributed by atoms with Crippen LogP contribution in [0.3, 0.4) is 0 Å². The molecule has 0 aliphatic carbocycles. The van der Waals surface area contributed by atoms with Crippen molar-refractivity contribution >= 4 is 28.8 Å². The summed E-state index contributed by atoms with van der Waals surface area (Å²) in [7, 11) is 0. The van der Waals surface area contributed by atoms with E-state index in [9.17, 15) is 4.79 Å². The van der Waals surface area contributed by atoms with Crippen molar-refractivity contribution in [1.29, 1.82) is 0 Å². The monoisotopic (exact) mass is 292 g/mol. The van der Waals surface area contributed by atoms with Gasteiger partial charge in [0.1, 0.15) is 5.69 Å². The van der Waals surface area contributed by atoms with Crippen LogP contribution in [0.5, 0.6) is 0 Å². The molecule has 2 aromatic heterocycles. The second-order valence-electron chi connectivity index (χ2n) is 4.57. The quantitative estimate of drug-likeness (QED) is 0.844. The standard InChI is InChI=1S/C14H13ClN2OS/c15-11-3-5-16-12(8-11)14(18)17-6-1-2-13(17)10-4-7-19-9-10/h3-5,7-9,13H,1-2,6H2. The summed E-state index contributed by atoms with van der Waals surface area (Å²) < 4.78 is 0. The van der Waals surface area contributed by atoms with Gasteiger partial charge in [-0.25, -0.2) is 0 Å². The number of likely N-dealkylation sites (tertiary alicyclic amines) is 1. The molecule has 98 valence electrons. The fraction of sp³-hybridized carbons (Fsp3) is 0.286. The highest BCUT2D eigenvalue weighted by Gasteiger charge is 2.31. The Balaban J connectivity index is 1.87. The van der Waals surface area contributed by atoms with Crippen molar-refractivity contribution in [1.82, 2.24) is 9.88 Å². The Morgan fingerprint density at radius 3 is 3.11 bits per heavy atom. The van der Waals surface area contributed by atoms with Crippen LogP contribution in [0.2, 0.25) is 5.02 Å². The highest BCUT2D eigenvalue weighted by molar-refractivity contribution is 7.08. The van der Waals surface area contributed by atoms with E-state index in [4.69, 9.17) is 11.6 Å². The predicted molar refractivity (Wildman–Crippen MR) is 76.6 cm³/mol. The molecule has 0 radical (unpaired) electrons. The van der Waals surface area contributed by atoms with Crippen molar-refractivity contribution in [3.63, 3.8) is 0 Å². The van der Waals surface area contributed by atoms with E-state index in [0.717, 1.165) is 19.4 Å². The molecule has 2 aromatic rings. The third kappa shape index (κ3) is 2.51. The minimum Gasteiger partial charge on any atom is -0.330 e. The van der Waals surface area contributed by atoms with Gasteiger partial charge in [0.05, 0.1) is 6.04 Å². The van der Waals surface area contributed by atoms with Gasteiger partial charge in [0.2, 0.25) is 0 Å². The van der Waals surface area contributed by atoms with E-state index in [1.807, 2.05) is 10.3 Å². The summed E-state index contributed by atoms with van der Waals surface area (Å²) in [5.41, 5.74) is 1.65. The molecule has 1 saturated heterocycles. The van der Waals surface area contributed by atoms with Crippen molar-refractivity contribution < 1.29 is 4.79 Å². The first-order chi connectivity index (χ1) is 9.25. The first kappa shape index (κ1) is 12.6. The van der Waals surface area contributed by atoms with Gasteiger partial charge in [-0.05, 0) is 47.4 Å². The third-order valence-electron chi connectivity index (χ3n) is 3.38. The second kappa shape index (κ2) is 5.31. The molecule has 1 aliphatic rings. The van der Waals surface area contributed by atoms with Crippen molar-refractivity contribution in [2.45, 2.75) is 18.9 Å². The first-order valence-electron chi connectivity index (χ1n) is 6.20. The second-order valence-corrected chi connectivity index (χ2v) is 5.79. The Morgan fingerprint density at radius 2 is 2.37 bits per heavy atom. The van der Waals surface area contributed by atoms with Crippen LogP contribution in [0.4, 0.5) is 0 Å². The fourth-order valence-corrected chi connectivity index (χ4v) is 3.36. The smallest absolute Gasteiger partial charge is 0.273 e. The van der Waals surface area contributed by atoms with Crippen LogP contribution in [0, 0.1) is 0 Å². The number of carbonyl (C=O) groups is 1. The molecule has 1 fully saturated rings. The summed E-state index contributed by atoms with van der Waals surface area (Å²) in [6, 6.07) is 5.58. The number of thiophene rings is 1. The van der Waals surface area contributed by atoms with E-state index >= 15 is 0 Å². The van der Waals surface area contributed by atoms with Gasteiger partial charge in [-0.3, -0.25) is 9.78 Å². The molecule has 3 rings (SSSR count). The van der Waals surface area contributed by atoms with Gasteiger partial charge in [-0.2, -0.15) is 11.3 Å². The highest BCUT2D eigenvalue weighted by Crippen LogP contribution is 2.34. The molecule has 0 aromatic carbocycles. The molecule has 1 unspecified atom stereocenters. The number of nitrogens with zero attached hydrogens (tertiary/aromatic N) is 2. The lowest BCUT2D eigenvalue weighted by Gasteiger charge is -2.23. The molecule has 0 N–H and O–H groups in total. The summed E-state index contributed by atoms with van der Waals surface area (Å²) in [6.45, 7) is 0.785. The zero-order valence-electron chi connectivity index (χ0n) is 10.3. The number of rotatable bonds is 2. The highest BCUT2D eigenvalue weighted by atomic mass is 35.5. The number of hydrogen-bond donors (Lipinski definition) is 0. The number of pyridine rings is 1. The summed E-state index contributed by atoms with van der Waals surface area (Å²) in [5.74, 6) is -0.0313. The molecule has 19 heavy (non-hydrogen) atoms. The average Bonchev–Trinajstić information content (AvgIpc) is 3.08. The summed E-state index contributed by atoms with van der Waals surface area (Å²) in [5, 5.41) is 4.71. The summed E-state index contributed by atoms with van der Waals surface area (Å²) in [6.07, 6.45) is 3.63. The third-order valence-corrected chi connectivity index (χ3v) is 4.32. The Morgan fingerprint density at radius 1 is 1.47 bits per heavy atom. The lowest BCUT2D eigenvalue weighted by molar-refractivity contribution is 0.0730. The molecule has 1 atom stereocenters. The first-order valence-corrected chi connectivity index (χ1v) is 7.52. The zero-order valence-corrected chi connectivity index (χ0v) is 11.8. The Labute approximate surface area is 120 Å². The van der Waals surface area contributed by atoms with Crippen LogP contribution in [-0.4, -0.2) is 22.3 Å². The van der Waals surface area contributed by atoms with Crippen LogP contribution in [0.15, 0.2) is 35.2 Å². The topological polar surface area (TPSA) is 33.2 Å². The molecule has 0 spiro atoms. The van der Waals surface area contributed by atoms with Crippen LogP contribution >= 0.6 is 22.9 Å². The molecule has 1 amide bonds. The SMILES string of the molecule is O=C(c1cc(Cl)ccn1)N1CCCC1c1ccsc1. The molecule has 5 heteroatoms. The van der Waals surface area contributed by atoms with E-state index in [-0.39, 0.29) is 11.9 Å². The molecule has 3 nitrogen and oxygen atoms in total. The van der Waals surface area contributed by atoms with Gasteiger partial charge in [0.15, 0.2) is 0 Å². The Kier molecular flexibility index (Phi) is 3.53. The van der Waals surface area contributed by atoms with E-state index in [0.29, 0.717) is 10.7 Å². The van der Waals surface area contributed by atoms with Gasteiger partial charge in [-0.1, -0.05) is 11.6 Å². The fourth-order valence-electron chi connectivity index (χ4n) is 2.49. The van der Waals surface area contributed by atoms with E-state index < -0.39 is 0 Å². The Hall–Kier alpha value is -1.39. The van der Waals surface area contributed by atoms with Crippen molar-refractivity contribution in [2.75, 3.05) is 6.54 Å². The number of amides is 1. The minimum absolute atomic E-state index is 0.0313. The molecular weight excluding hydrogens is 280 g/mol. The maximum atomic E-state index is 12.5. The van der Waals surface area contributed by atoms with Crippen LogP contribution in [0.25, 0.3) is 0 Å². The minimum atomic E-state index is -0.0313. The normalized spacial score (nSPS) is 18.8. The molecule has 0 saturated carbocycles. The Bertz CT molecular complexity index is 585. The van der Waals surface area contributed by atoms with Crippen LogP contribution < -0.4 is 0 Å². The van der Waals surface area contributed by atoms with Gasteiger partial charge in [0.25, 0.3) is 5.91 Å². The summed E-state index contributed by atoms with van der Waals surface area (Å²) >= 11 is 7.59. The average molecular weight is 293 g/mol. The largest absolute Gasteiger partial charge is 0.330 e. The van der Waals surface area contributed by atoms with Crippen LogP contribution in [0.1, 0.15) is 34.9 Å². The van der Waals surface area contributed by atoms with Gasteiger partial charge in [-0.15, -0.1) is 0 Å². The zero-order chi connectivity index (χ0) is 13.2. The number of carbonyl (C=O) groups excluding carboxylic acids is 1. The maximum absolute atomic E-state index is 12.5. The van der Waals surface area contributed by atoms with Gasteiger partial charge >= 0.3 is 0 Å². The summed E-state index contributed by atoms with van der Waals surface area (Å²) in [4.78, 5) is 18.5. The van der Waals surface area contributed by atoms with Crippen molar-refractivity contribution in [3.05, 3.63) is 51.4 Å². The van der Waals surface area contributed by atoms with Gasteiger partial charge < -0.3 is 4.90 Å².